The Bertz CT molecular complexity index is 502. The van der Waals surface area contributed by atoms with Gasteiger partial charge in [-0.25, -0.2) is 0 Å². The fraction of sp³-hybridized carbons (Fsp3) is 0.500. The Morgan fingerprint density at radius 3 is 2.65 bits per heavy atom. The quantitative estimate of drug-likeness (QED) is 0.492. The normalized spacial score (nSPS) is 13.6. The standard InChI is InChI=1S/C14H20N2O4/c1-5-20-14(17)11(4)15-10(3)12-7-6-9(2)13(8-12)16(18)19/h6-8,10-11,15H,5H2,1-4H3. The second-order valence-electron chi connectivity index (χ2n) is 4.67. The van der Waals surface area contributed by atoms with Gasteiger partial charge < -0.3 is 4.74 Å². The largest absolute Gasteiger partial charge is 0.465 e. The zero-order valence-electron chi connectivity index (χ0n) is 12.2. The smallest absolute Gasteiger partial charge is 0.322 e. The van der Waals surface area contributed by atoms with Crippen LogP contribution in [0.4, 0.5) is 5.69 Å². The first-order valence-corrected chi connectivity index (χ1v) is 6.54. The van der Waals surface area contributed by atoms with Gasteiger partial charge in [-0.1, -0.05) is 12.1 Å². The molecule has 2 atom stereocenters. The second-order valence-corrected chi connectivity index (χ2v) is 4.67. The first-order valence-electron chi connectivity index (χ1n) is 6.54. The van der Waals surface area contributed by atoms with Crippen LogP contribution in [-0.4, -0.2) is 23.5 Å². The number of carbonyl (C=O) groups is 1. The maximum absolute atomic E-state index is 11.5. The van der Waals surface area contributed by atoms with E-state index in [0.717, 1.165) is 5.56 Å². The van der Waals surface area contributed by atoms with Crippen molar-refractivity contribution in [3.8, 4) is 0 Å². The van der Waals surface area contributed by atoms with Gasteiger partial charge in [-0.15, -0.1) is 0 Å². The molecule has 6 nitrogen and oxygen atoms in total. The summed E-state index contributed by atoms with van der Waals surface area (Å²) in [5.74, 6) is -0.332. The Hall–Kier alpha value is -1.95. The minimum atomic E-state index is -0.467. The monoisotopic (exact) mass is 280 g/mol. The SMILES string of the molecule is CCOC(=O)C(C)NC(C)c1ccc(C)c([N+](=O)[O-])c1. The van der Waals surface area contributed by atoms with E-state index in [1.165, 1.54) is 6.07 Å². The topological polar surface area (TPSA) is 81.5 Å². The molecule has 0 saturated heterocycles. The van der Waals surface area contributed by atoms with Gasteiger partial charge in [0, 0.05) is 17.7 Å². The number of nitrogens with zero attached hydrogens (tertiary/aromatic N) is 1. The summed E-state index contributed by atoms with van der Waals surface area (Å²) in [6, 6.07) is 4.41. The van der Waals surface area contributed by atoms with Crippen LogP contribution in [-0.2, 0) is 9.53 Å². The lowest BCUT2D eigenvalue weighted by molar-refractivity contribution is -0.385. The summed E-state index contributed by atoms with van der Waals surface area (Å²) < 4.78 is 4.91. The number of carbonyl (C=O) groups excluding carboxylic acids is 1. The van der Waals surface area contributed by atoms with Gasteiger partial charge in [-0.3, -0.25) is 20.2 Å². The summed E-state index contributed by atoms with van der Waals surface area (Å²) in [7, 11) is 0. The first kappa shape index (κ1) is 16.1. The van der Waals surface area contributed by atoms with Gasteiger partial charge in [0.2, 0.25) is 0 Å². The Kier molecular flexibility index (Phi) is 5.64. The predicted octanol–water partition coefficient (Wildman–Crippen LogP) is 2.51. The summed E-state index contributed by atoms with van der Waals surface area (Å²) in [6.07, 6.45) is 0. The van der Waals surface area contributed by atoms with Gasteiger partial charge in [-0.05, 0) is 33.3 Å². The summed E-state index contributed by atoms with van der Waals surface area (Å²) in [6.45, 7) is 7.33. The predicted molar refractivity (Wildman–Crippen MR) is 75.5 cm³/mol. The molecule has 0 bridgehead atoms. The van der Waals surface area contributed by atoms with E-state index in [2.05, 4.69) is 5.32 Å². The van der Waals surface area contributed by atoms with Crippen LogP contribution in [0.1, 0.15) is 37.9 Å². The lowest BCUT2D eigenvalue weighted by Crippen LogP contribution is -2.37. The maximum Gasteiger partial charge on any atom is 0.322 e. The fourth-order valence-corrected chi connectivity index (χ4v) is 1.90. The van der Waals surface area contributed by atoms with Gasteiger partial charge in [0.1, 0.15) is 6.04 Å². The van der Waals surface area contributed by atoms with Crippen molar-refractivity contribution < 1.29 is 14.5 Å². The van der Waals surface area contributed by atoms with Crippen LogP contribution in [0.25, 0.3) is 0 Å². The molecule has 0 spiro atoms. The minimum Gasteiger partial charge on any atom is -0.465 e. The molecule has 0 fully saturated rings. The summed E-state index contributed by atoms with van der Waals surface area (Å²) in [4.78, 5) is 22.1. The molecule has 0 aliphatic carbocycles. The van der Waals surface area contributed by atoms with Gasteiger partial charge in [-0.2, -0.15) is 0 Å². The van der Waals surface area contributed by atoms with E-state index in [1.807, 2.05) is 13.0 Å². The number of benzene rings is 1. The van der Waals surface area contributed by atoms with Crippen LogP contribution in [0.15, 0.2) is 18.2 Å². The van der Waals surface area contributed by atoms with Gasteiger partial charge in [0.15, 0.2) is 0 Å². The van der Waals surface area contributed by atoms with Crippen LogP contribution in [0, 0.1) is 17.0 Å². The van der Waals surface area contributed by atoms with E-state index in [9.17, 15) is 14.9 Å². The Morgan fingerprint density at radius 2 is 2.10 bits per heavy atom. The molecule has 20 heavy (non-hydrogen) atoms. The molecule has 0 aromatic heterocycles. The van der Waals surface area contributed by atoms with Crippen molar-refractivity contribution >= 4 is 11.7 Å². The Balaban J connectivity index is 2.82. The molecule has 110 valence electrons. The third-order valence-corrected chi connectivity index (χ3v) is 3.07. The summed E-state index contributed by atoms with van der Waals surface area (Å²) in [5.41, 5.74) is 1.46. The third kappa shape index (κ3) is 4.03. The molecule has 0 radical (unpaired) electrons. The lowest BCUT2D eigenvalue weighted by atomic mass is 10.0. The number of rotatable bonds is 6. The van der Waals surface area contributed by atoms with Crippen molar-refractivity contribution in [1.29, 1.82) is 0 Å². The maximum atomic E-state index is 11.5. The van der Waals surface area contributed by atoms with E-state index in [4.69, 9.17) is 4.74 Å². The number of hydrogen-bond donors (Lipinski definition) is 1. The lowest BCUT2D eigenvalue weighted by Gasteiger charge is -2.19. The van der Waals surface area contributed by atoms with Crippen LogP contribution in [0.5, 0.6) is 0 Å². The highest BCUT2D eigenvalue weighted by Crippen LogP contribution is 2.23. The zero-order chi connectivity index (χ0) is 15.3. The molecule has 0 saturated carbocycles. The molecule has 0 heterocycles. The number of aryl methyl sites for hydroxylation is 1. The zero-order valence-corrected chi connectivity index (χ0v) is 12.2. The van der Waals surface area contributed by atoms with Gasteiger partial charge >= 0.3 is 5.97 Å². The third-order valence-electron chi connectivity index (χ3n) is 3.07. The molecule has 1 aromatic rings. The van der Waals surface area contributed by atoms with Crippen LogP contribution in [0.3, 0.4) is 0 Å². The first-order chi connectivity index (χ1) is 9.36. The second kappa shape index (κ2) is 7.00. The number of ether oxygens (including phenoxy) is 1. The highest BCUT2D eigenvalue weighted by molar-refractivity contribution is 5.75. The number of hydrogen-bond acceptors (Lipinski definition) is 5. The van der Waals surface area contributed by atoms with Crippen molar-refractivity contribution in [3.63, 3.8) is 0 Å². The molecule has 0 aliphatic rings. The van der Waals surface area contributed by atoms with E-state index < -0.39 is 11.0 Å². The molecule has 1 rings (SSSR count). The van der Waals surface area contributed by atoms with Crippen molar-refractivity contribution in [2.24, 2.45) is 0 Å². The van der Waals surface area contributed by atoms with E-state index >= 15 is 0 Å². The number of esters is 1. The molecule has 0 aliphatic heterocycles. The van der Waals surface area contributed by atoms with E-state index in [-0.39, 0.29) is 17.7 Å². The molecular formula is C14H20N2O4. The minimum absolute atomic E-state index is 0.0833. The molecule has 1 N–H and O–H groups in total. The molecule has 0 amide bonds. The summed E-state index contributed by atoms with van der Waals surface area (Å²) >= 11 is 0. The number of nitrogens with one attached hydrogen (secondary N) is 1. The molecule has 2 unspecified atom stereocenters. The van der Waals surface area contributed by atoms with Crippen molar-refractivity contribution in [2.75, 3.05) is 6.61 Å². The van der Waals surface area contributed by atoms with Crippen molar-refractivity contribution in [1.82, 2.24) is 5.32 Å². The van der Waals surface area contributed by atoms with Crippen molar-refractivity contribution in [3.05, 3.63) is 39.4 Å². The van der Waals surface area contributed by atoms with Gasteiger partial charge in [0.05, 0.1) is 11.5 Å². The van der Waals surface area contributed by atoms with Crippen LogP contribution >= 0.6 is 0 Å². The van der Waals surface area contributed by atoms with Crippen molar-refractivity contribution in [2.45, 2.75) is 39.8 Å². The van der Waals surface area contributed by atoms with E-state index in [1.54, 1.807) is 26.8 Å². The van der Waals surface area contributed by atoms with Crippen LogP contribution < -0.4 is 5.32 Å². The molecule has 6 heteroatoms. The van der Waals surface area contributed by atoms with Crippen LogP contribution in [0.2, 0.25) is 0 Å². The Morgan fingerprint density at radius 1 is 1.45 bits per heavy atom. The molecular weight excluding hydrogens is 260 g/mol. The number of nitro groups is 1. The highest BCUT2D eigenvalue weighted by atomic mass is 16.6. The summed E-state index contributed by atoms with van der Waals surface area (Å²) in [5, 5.41) is 14.0. The van der Waals surface area contributed by atoms with Gasteiger partial charge in [0.25, 0.3) is 5.69 Å². The van der Waals surface area contributed by atoms with E-state index in [0.29, 0.717) is 12.2 Å². The Labute approximate surface area is 118 Å². The average molecular weight is 280 g/mol. The fourth-order valence-electron chi connectivity index (χ4n) is 1.90. The molecule has 1 aromatic carbocycles. The number of nitro benzene ring substituents is 1. The highest BCUT2D eigenvalue weighted by Gasteiger charge is 2.19. The average Bonchev–Trinajstić information content (AvgIpc) is 2.38.